The van der Waals surface area contributed by atoms with Crippen LogP contribution in [0.15, 0.2) is 41.1 Å². The average molecular weight is 411 g/mol. The molecular weight excluding hydrogens is 394 g/mol. The third kappa shape index (κ3) is 3.58. The minimum atomic E-state index is -2.63. The van der Waals surface area contributed by atoms with E-state index >= 15 is 0 Å². The number of benzene rings is 1. The highest BCUT2D eigenvalue weighted by Crippen LogP contribution is 2.30. The molecule has 8 heteroatoms. The summed E-state index contributed by atoms with van der Waals surface area (Å²) >= 11 is 3.56. The van der Waals surface area contributed by atoms with Gasteiger partial charge in [0, 0.05) is 46.4 Å². The molecule has 1 N–H and O–H groups in total. The first-order valence-electron chi connectivity index (χ1n) is 7.79. The van der Waals surface area contributed by atoms with E-state index in [1.165, 1.54) is 12.4 Å². The Morgan fingerprint density at radius 1 is 1.36 bits per heavy atom. The van der Waals surface area contributed by atoms with Gasteiger partial charge in [-0.25, -0.2) is 4.98 Å². The summed E-state index contributed by atoms with van der Waals surface area (Å²) in [6, 6.07) is 7.82. The van der Waals surface area contributed by atoms with E-state index in [-0.39, 0.29) is 31.2 Å². The van der Waals surface area contributed by atoms with Crippen molar-refractivity contribution < 1.29 is 13.6 Å². The van der Waals surface area contributed by atoms with E-state index in [0.29, 0.717) is 0 Å². The molecule has 2 aromatic heterocycles. The van der Waals surface area contributed by atoms with Gasteiger partial charge in [0.05, 0.1) is 0 Å². The van der Waals surface area contributed by atoms with Gasteiger partial charge in [0.1, 0.15) is 12.4 Å². The van der Waals surface area contributed by atoms with Gasteiger partial charge >= 0.3 is 6.55 Å². The molecule has 0 aliphatic heterocycles. The minimum Gasteiger partial charge on any atom is -0.354 e. The Kier molecular flexibility index (Phi) is 5.17. The van der Waals surface area contributed by atoms with E-state index < -0.39 is 6.55 Å². The van der Waals surface area contributed by atoms with Gasteiger partial charge in [-0.3, -0.25) is 9.36 Å². The molecule has 1 amide bonds. The lowest BCUT2D eigenvalue weighted by Gasteiger charge is -2.10. The van der Waals surface area contributed by atoms with Crippen LogP contribution in [-0.2, 0) is 17.8 Å². The number of carbonyl (C=O) groups excluding carboxylic acids is 1. The van der Waals surface area contributed by atoms with Crippen molar-refractivity contribution in [2.75, 3.05) is 6.54 Å². The molecule has 0 saturated heterocycles. The zero-order chi connectivity index (χ0) is 18.0. The molecule has 0 spiro atoms. The van der Waals surface area contributed by atoms with Gasteiger partial charge in [0.2, 0.25) is 5.91 Å². The van der Waals surface area contributed by atoms with Crippen LogP contribution in [0.5, 0.6) is 0 Å². The van der Waals surface area contributed by atoms with Gasteiger partial charge in [-0.2, -0.15) is 8.78 Å². The summed E-state index contributed by atoms with van der Waals surface area (Å²) in [5.41, 5.74) is 1.93. The summed E-state index contributed by atoms with van der Waals surface area (Å²) in [5.74, 6) is 0.0761. The fourth-order valence-corrected chi connectivity index (χ4v) is 3.37. The first-order chi connectivity index (χ1) is 12.0. The number of rotatable bonds is 6. The number of alkyl halides is 2. The number of imidazole rings is 1. The fourth-order valence-electron chi connectivity index (χ4n) is 2.82. The van der Waals surface area contributed by atoms with Crippen LogP contribution in [0.1, 0.15) is 18.1 Å². The Morgan fingerprint density at radius 2 is 2.12 bits per heavy atom. The largest absolute Gasteiger partial charge is 0.354 e. The maximum absolute atomic E-state index is 12.8. The molecule has 0 aliphatic rings. The van der Waals surface area contributed by atoms with Crippen molar-refractivity contribution >= 4 is 32.7 Å². The summed E-state index contributed by atoms with van der Waals surface area (Å²) in [4.78, 5) is 16.1. The third-order valence-electron chi connectivity index (χ3n) is 4.09. The molecule has 132 valence electrons. The summed E-state index contributed by atoms with van der Waals surface area (Å²) in [5, 5.41) is 3.81. The summed E-state index contributed by atoms with van der Waals surface area (Å²) in [6.45, 7) is -0.264. The van der Waals surface area contributed by atoms with Crippen LogP contribution in [0.25, 0.3) is 10.9 Å². The number of amides is 1. The van der Waals surface area contributed by atoms with Crippen molar-refractivity contribution in [3.8, 4) is 0 Å². The second kappa shape index (κ2) is 7.35. The number of nitrogens with zero attached hydrogens (tertiary/aromatic N) is 3. The molecule has 0 atom stereocenters. The van der Waals surface area contributed by atoms with Gasteiger partial charge < -0.3 is 9.88 Å². The SMILES string of the molecule is Cc1c(Br)c2ccccc2n1CC(=O)NCCc1nccn1C(F)F. The molecule has 0 fully saturated rings. The van der Waals surface area contributed by atoms with E-state index in [9.17, 15) is 13.6 Å². The monoisotopic (exact) mass is 410 g/mol. The minimum absolute atomic E-state index is 0.168. The molecule has 0 bridgehead atoms. The van der Waals surface area contributed by atoms with Crippen LogP contribution in [0, 0.1) is 6.92 Å². The Morgan fingerprint density at radius 3 is 2.88 bits per heavy atom. The highest BCUT2D eigenvalue weighted by atomic mass is 79.9. The standard InChI is InChI=1S/C17H17BrF2N4O/c1-11-16(18)12-4-2-3-5-13(12)24(11)10-15(25)22-7-6-14-21-8-9-23(14)17(19)20/h2-5,8-9,17H,6-7,10H2,1H3,(H,22,25). The maximum Gasteiger partial charge on any atom is 0.319 e. The van der Waals surface area contributed by atoms with Crippen molar-refractivity contribution in [2.24, 2.45) is 0 Å². The van der Waals surface area contributed by atoms with Crippen LogP contribution in [-0.4, -0.2) is 26.6 Å². The maximum atomic E-state index is 12.8. The Hall–Kier alpha value is -2.22. The van der Waals surface area contributed by atoms with Gasteiger partial charge in [-0.05, 0) is 28.9 Å². The second-order valence-corrected chi connectivity index (χ2v) is 6.42. The summed E-state index contributed by atoms with van der Waals surface area (Å²) in [7, 11) is 0. The molecule has 0 radical (unpaired) electrons. The number of nitrogens with one attached hydrogen (secondary N) is 1. The molecule has 5 nitrogen and oxygen atoms in total. The zero-order valence-electron chi connectivity index (χ0n) is 13.5. The van der Waals surface area contributed by atoms with E-state index in [1.807, 2.05) is 35.8 Å². The molecule has 3 rings (SSSR count). The fraction of sp³-hybridized carbons (Fsp3) is 0.294. The molecule has 0 unspecified atom stereocenters. The highest BCUT2D eigenvalue weighted by molar-refractivity contribution is 9.10. The summed E-state index contributed by atoms with van der Waals surface area (Å²) in [6.07, 6.45) is 2.81. The van der Waals surface area contributed by atoms with Crippen molar-refractivity contribution in [1.82, 2.24) is 19.4 Å². The molecule has 0 aliphatic carbocycles. The lowest BCUT2D eigenvalue weighted by molar-refractivity contribution is -0.121. The van der Waals surface area contributed by atoms with Crippen LogP contribution in [0.2, 0.25) is 0 Å². The van der Waals surface area contributed by atoms with Gasteiger partial charge in [0.15, 0.2) is 0 Å². The Balaban J connectivity index is 1.64. The predicted octanol–water partition coefficient (Wildman–Crippen LogP) is 3.66. The third-order valence-corrected chi connectivity index (χ3v) is 5.09. The van der Waals surface area contributed by atoms with E-state index in [2.05, 4.69) is 26.2 Å². The highest BCUT2D eigenvalue weighted by Gasteiger charge is 2.15. The van der Waals surface area contributed by atoms with E-state index in [4.69, 9.17) is 0 Å². The molecule has 0 saturated carbocycles. The normalized spacial score (nSPS) is 11.4. The average Bonchev–Trinajstić information content (AvgIpc) is 3.15. The predicted molar refractivity (Wildman–Crippen MR) is 94.6 cm³/mol. The van der Waals surface area contributed by atoms with Crippen molar-refractivity contribution in [3.05, 3.63) is 52.7 Å². The van der Waals surface area contributed by atoms with Gasteiger partial charge in [0.25, 0.3) is 0 Å². The lowest BCUT2D eigenvalue weighted by Crippen LogP contribution is -2.30. The summed E-state index contributed by atoms with van der Waals surface area (Å²) < 4.78 is 29.2. The number of para-hydroxylation sites is 1. The van der Waals surface area contributed by atoms with Crippen LogP contribution in [0.4, 0.5) is 8.78 Å². The molecule has 25 heavy (non-hydrogen) atoms. The number of aromatic nitrogens is 3. The van der Waals surface area contributed by atoms with E-state index in [1.54, 1.807) is 0 Å². The van der Waals surface area contributed by atoms with Crippen molar-refractivity contribution in [3.63, 3.8) is 0 Å². The van der Waals surface area contributed by atoms with Gasteiger partial charge in [-0.1, -0.05) is 18.2 Å². The topological polar surface area (TPSA) is 51.9 Å². The van der Waals surface area contributed by atoms with Gasteiger partial charge in [-0.15, -0.1) is 0 Å². The van der Waals surface area contributed by atoms with Crippen molar-refractivity contribution in [1.29, 1.82) is 0 Å². The zero-order valence-corrected chi connectivity index (χ0v) is 15.1. The van der Waals surface area contributed by atoms with Crippen LogP contribution >= 0.6 is 15.9 Å². The Labute approximate surface area is 151 Å². The van der Waals surface area contributed by atoms with E-state index in [0.717, 1.165) is 25.6 Å². The number of halogens is 3. The lowest BCUT2D eigenvalue weighted by atomic mass is 10.2. The molecular formula is C17H17BrF2N4O. The second-order valence-electron chi connectivity index (χ2n) is 5.63. The molecule has 1 aromatic carbocycles. The van der Waals surface area contributed by atoms with Crippen LogP contribution < -0.4 is 5.32 Å². The number of carbonyl (C=O) groups is 1. The van der Waals surface area contributed by atoms with Crippen LogP contribution in [0.3, 0.4) is 0 Å². The number of fused-ring (bicyclic) bond motifs is 1. The Bertz CT molecular complexity index is 903. The number of hydrogen-bond acceptors (Lipinski definition) is 2. The molecule has 2 heterocycles. The molecule has 3 aromatic rings. The van der Waals surface area contributed by atoms with Crippen molar-refractivity contribution in [2.45, 2.75) is 26.4 Å². The number of hydrogen-bond donors (Lipinski definition) is 1. The smallest absolute Gasteiger partial charge is 0.319 e. The quantitative estimate of drug-likeness (QED) is 0.673. The first kappa shape index (κ1) is 17.6. The first-order valence-corrected chi connectivity index (χ1v) is 8.58.